The molecule has 2 heterocycles. The van der Waals surface area contributed by atoms with E-state index in [2.05, 4.69) is 34.3 Å². The number of aromatic nitrogens is 1. The Balaban J connectivity index is 2.23. The standard InChI is InChI=1S/C14H18N2OS/c1-10(13-5-4-8-18-13)16(3)14-9-12(11(2)17)6-7-15-14/h4-11,17H,1-3H3/t10?,11-/m0/s1. The molecule has 0 radical (unpaired) electrons. The summed E-state index contributed by atoms with van der Waals surface area (Å²) in [6.45, 7) is 3.92. The van der Waals surface area contributed by atoms with Crippen LogP contribution in [-0.2, 0) is 0 Å². The quantitative estimate of drug-likeness (QED) is 0.917. The van der Waals surface area contributed by atoms with Gasteiger partial charge in [-0.25, -0.2) is 4.98 Å². The summed E-state index contributed by atoms with van der Waals surface area (Å²) in [4.78, 5) is 7.80. The van der Waals surface area contributed by atoms with Crippen molar-refractivity contribution in [2.45, 2.75) is 26.0 Å². The van der Waals surface area contributed by atoms with Gasteiger partial charge in [0.05, 0.1) is 12.1 Å². The summed E-state index contributed by atoms with van der Waals surface area (Å²) in [5.74, 6) is 0.884. The molecule has 2 rings (SSSR count). The van der Waals surface area contributed by atoms with E-state index < -0.39 is 6.10 Å². The average Bonchev–Trinajstić information content (AvgIpc) is 2.91. The molecule has 0 saturated carbocycles. The first-order valence-corrected chi connectivity index (χ1v) is 6.88. The highest BCUT2D eigenvalue weighted by Crippen LogP contribution is 2.28. The van der Waals surface area contributed by atoms with Crippen LogP contribution in [0.5, 0.6) is 0 Å². The maximum atomic E-state index is 9.61. The van der Waals surface area contributed by atoms with E-state index in [1.165, 1.54) is 4.88 Å². The summed E-state index contributed by atoms with van der Waals surface area (Å²) >= 11 is 1.75. The molecule has 2 atom stereocenters. The van der Waals surface area contributed by atoms with Crippen molar-refractivity contribution < 1.29 is 5.11 Å². The van der Waals surface area contributed by atoms with Crippen molar-refractivity contribution in [3.8, 4) is 0 Å². The smallest absolute Gasteiger partial charge is 0.129 e. The molecule has 2 aromatic heterocycles. The fourth-order valence-corrected chi connectivity index (χ4v) is 2.63. The second-order valence-corrected chi connectivity index (χ2v) is 5.40. The van der Waals surface area contributed by atoms with E-state index in [-0.39, 0.29) is 6.04 Å². The van der Waals surface area contributed by atoms with Gasteiger partial charge in [-0.2, -0.15) is 0 Å². The largest absolute Gasteiger partial charge is 0.389 e. The second kappa shape index (κ2) is 5.50. The van der Waals surface area contributed by atoms with Crippen LogP contribution in [0.1, 0.15) is 36.4 Å². The maximum absolute atomic E-state index is 9.61. The molecule has 4 heteroatoms. The second-order valence-electron chi connectivity index (χ2n) is 4.43. The highest BCUT2D eigenvalue weighted by Gasteiger charge is 2.15. The minimum Gasteiger partial charge on any atom is -0.389 e. The molecule has 0 saturated heterocycles. The first-order chi connectivity index (χ1) is 8.59. The molecule has 18 heavy (non-hydrogen) atoms. The van der Waals surface area contributed by atoms with Crippen molar-refractivity contribution in [3.63, 3.8) is 0 Å². The van der Waals surface area contributed by atoms with Gasteiger partial charge in [0.2, 0.25) is 0 Å². The molecule has 0 aliphatic rings. The summed E-state index contributed by atoms with van der Waals surface area (Å²) in [7, 11) is 2.03. The van der Waals surface area contributed by atoms with Crippen molar-refractivity contribution in [1.29, 1.82) is 0 Å². The minimum absolute atomic E-state index is 0.279. The van der Waals surface area contributed by atoms with Crippen LogP contribution in [0.15, 0.2) is 35.8 Å². The van der Waals surface area contributed by atoms with Gasteiger partial charge < -0.3 is 10.0 Å². The number of hydrogen-bond acceptors (Lipinski definition) is 4. The zero-order valence-electron chi connectivity index (χ0n) is 10.9. The van der Waals surface area contributed by atoms with Gasteiger partial charge in [-0.3, -0.25) is 0 Å². The third-order valence-electron chi connectivity index (χ3n) is 3.15. The van der Waals surface area contributed by atoms with E-state index in [4.69, 9.17) is 0 Å². The van der Waals surface area contributed by atoms with Crippen LogP contribution in [-0.4, -0.2) is 17.1 Å². The molecule has 1 unspecified atom stereocenters. The van der Waals surface area contributed by atoms with Crippen LogP contribution in [0.3, 0.4) is 0 Å². The molecule has 0 bridgehead atoms. The van der Waals surface area contributed by atoms with Crippen molar-refractivity contribution in [2.24, 2.45) is 0 Å². The fourth-order valence-electron chi connectivity index (χ4n) is 1.81. The summed E-state index contributed by atoms with van der Waals surface area (Å²) in [6.07, 6.45) is 1.28. The zero-order valence-corrected chi connectivity index (χ0v) is 11.7. The molecule has 2 aromatic rings. The third-order valence-corrected chi connectivity index (χ3v) is 4.19. The highest BCUT2D eigenvalue weighted by molar-refractivity contribution is 7.10. The van der Waals surface area contributed by atoms with E-state index in [1.54, 1.807) is 24.5 Å². The van der Waals surface area contributed by atoms with Crippen LogP contribution in [0.4, 0.5) is 5.82 Å². The lowest BCUT2D eigenvalue weighted by atomic mass is 10.1. The number of rotatable bonds is 4. The Labute approximate surface area is 112 Å². The van der Waals surface area contributed by atoms with E-state index in [1.807, 2.05) is 19.2 Å². The molecule has 0 aliphatic heterocycles. The van der Waals surface area contributed by atoms with Gasteiger partial charge in [0, 0.05) is 18.1 Å². The van der Waals surface area contributed by atoms with Crippen LogP contribution in [0.25, 0.3) is 0 Å². The number of anilines is 1. The van der Waals surface area contributed by atoms with Crippen molar-refractivity contribution in [3.05, 3.63) is 46.3 Å². The van der Waals surface area contributed by atoms with Crippen LogP contribution >= 0.6 is 11.3 Å². The molecular weight excluding hydrogens is 244 g/mol. The number of aliphatic hydroxyl groups excluding tert-OH is 1. The predicted molar refractivity (Wildman–Crippen MR) is 76.0 cm³/mol. The number of hydrogen-bond donors (Lipinski definition) is 1. The van der Waals surface area contributed by atoms with Crippen molar-refractivity contribution in [1.82, 2.24) is 4.98 Å². The van der Waals surface area contributed by atoms with E-state index >= 15 is 0 Å². The molecule has 1 N–H and O–H groups in total. The molecule has 96 valence electrons. The van der Waals surface area contributed by atoms with Crippen molar-refractivity contribution >= 4 is 17.2 Å². The maximum Gasteiger partial charge on any atom is 0.129 e. The van der Waals surface area contributed by atoms with E-state index in [0.29, 0.717) is 0 Å². The first kappa shape index (κ1) is 13.1. The molecule has 0 spiro atoms. The van der Waals surface area contributed by atoms with Crippen molar-refractivity contribution in [2.75, 3.05) is 11.9 Å². The first-order valence-electron chi connectivity index (χ1n) is 6.00. The lowest BCUT2D eigenvalue weighted by Crippen LogP contribution is -2.22. The van der Waals surface area contributed by atoms with Gasteiger partial charge in [-0.1, -0.05) is 6.07 Å². The van der Waals surface area contributed by atoms with Gasteiger partial charge in [-0.05, 0) is 43.0 Å². The molecule has 0 aliphatic carbocycles. The Hall–Kier alpha value is -1.39. The zero-order chi connectivity index (χ0) is 13.1. The SMILES string of the molecule is CC(c1cccs1)N(C)c1cc([C@H](C)O)ccn1. The van der Waals surface area contributed by atoms with E-state index in [0.717, 1.165) is 11.4 Å². The van der Waals surface area contributed by atoms with Crippen LogP contribution in [0.2, 0.25) is 0 Å². The van der Waals surface area contributed by atoms with Crippen LogP contribution < -0.4 is 4.90 Å². The fraction of sp³-hybridized carbons (Fsp3) is 0.357. The topological polar surface area (TPSA) is 36.4 Å². The third kappa shape index (κ3) is 2.71. The minimum atomic E-state index is -0.461. The number of pyridine rings is 1. The molecule has 0 fully saturated rings. The molecule has 0 amide bonds. The Morgan fingerprint density at radius 2 is 2.11 bits per heavy atom. The Kier molecular flexibility index (Phi) is 3.99. The summed E-state index contributed by atoms with van der Waals surface area (Å²) in [6, 6.07) is 8.25. The Bertz CT molecular complexity index is 496. The van der Waals surface area contributed by atoms with Gasteiger partial charge in [0.1, 0.15) is 5.82 Å². The Morgan fingerprint density at radius 1 is 1.33 bits per heavy atom. The van der Waals surface area contributed by atoms with Gasteiger partial charge in [0.15, 0.2) is 0 Å². The summed E-state index contributed by atoms with van der Waals surface area (Å²) in [5, 5.41) is 11.7. The highest BCUT2D eigenvalue weighted by atomic mass is 32.1. The van der Waals surface area contributed by atoms with E-state index in [9.17, 15) is 5.11 Å². The van der Waals surface area contributed by atoms with Crippen LogP contribution in [0, 0.1) is 0 Å². The number of nitrogens with zero attached hydrogens (tertiary/aromatic N) is 2. The molecule has 3 nitrogen and oxygen atoms in total. The number of aliphatic hydroxyl groups is 1. The average molecular weight is 262 g/mol. The monoisotopic (exact) mass is 262 g/mol. The molecule has 0 aromatic carbocycles. The lowest BCUT2D eigenvalue weighted by Gasteiger charge is -2.25. The summed E-state index contributed by atoms with van der Waals surface area (Å²) < 4.78 is 0. The summed E-state index contributed by atoms with van der Waals surface area (Å²) in [5.41, 5.74) is 0.894. The van der Waals surface area contributed by atoms with Gasteiger partial charge >= 0.3 is 0 Å². The normalized spacial score (nSPS) is 14.2. The number of thiophene rings is 1. The Morgan fingerprint density at radius 3 is 2.72 bits per heavy atom. The van der Waals surface area contributed by atoms with Gasteiger partial charge in [0.25, 0.3) is 0 Å². The lowest BCUT2D eigenvalue weighted by molar-refractivity contribution is 0.199. The molecular formula is C14H18N2OS. The predicted octanol–water partition coefficient (Wildman–Crippen LogP) is 3.39. The van der Waals surface area contributed by atoms with Gasteiger partial charge in [-0.15, -0.1) is 11.3 Å².